The molecule has 0 aliphatic heterocycles. The maximum Gasteiger partial charge on any atom is 0.220 e. The van der Waals surface area contributed by atoms with Gasteiger partial charge in [0, 0.05) is 12.3 Å². The molecule has 1 aromatic rings. The summed E-state index contributed by atoms with van der Waals surface area (Å²) in [4.78, 5) is 11.7. The summed E-state index contributed by atoms with van der Waals surface area (Å²) in [5.74, 6) is 0.578. The zero-order chi connectivity index (χ0) is 12.9. The van der Waals surface area contributed by atoms with Crippen molar-refractivity contribution in [1.29, 1.82) is 0 Å². The molecule has 1 rings (SSSR count). The van der Waals surface area contributed by atoms with Crippen molar-refractivity contribution >= 4 is 17.5 Å². The Kier molecular flexibility index (Phi) is 5.01. The van der Waals surface area contributed by atoms with Crippen LogP contribution in [0.3, 0.4) is 0 Å². The van der Waals surface area contributed by atoms with Crippen molar-refractivity contribution in [3.05, 3.63) is 35.4 Å². The van der Waals surface area contributed by atoms with E-state index in [1.54, 1.807) is 0 Å². The monoisotopic (exact) mass is 253 g/mol. The Labute approximate surface area is 108 Å². The van der Waals surface area contributed by atoms with Gasteiger partial charge in [0.2, 0.25) is 5.91 Å². The van der Waals surface area contributed by atoms with E-state index in [4.69, 9.17) is 11.6 Å². The first-order valence-electron chi connectivity index (χ1n) is 5.90. The normalized spacial score (nSPS) is 11.3. The maximum absolute atomic E-state index is 11.7. The molecule has 0 bridgehead atoms. The third kappa shape index (κ3) is 4.39. The lowest BCUT2D eigenvalue weighted by molar-refractivity contribution is -0.122. The second-order valence-corrected chi connectivity index (χ2v) is 5.21. The lowest BCUT2D eigenvalue weighted by Crippen LogP contribution is -2.40. The molecule has 0 spiro atoms. The molecule has 2 nitrogen and oxygen atoms in total. The van der Waals surface area contributed by atoms with Gasteiger partial charge in [-0.05, 0) is 32.8 Å². The molecule has 3 heteroatoms. The molecule has 0 saturated heterocycles. The van der Waals surface area contributed by atoms with E-state index in [2.05, 4.69) is 36.5 Å². The standard InChI is InChI=1S/C14H20ClNO/c1-11-6-8-12(9-7-11)14(2,3)16-13(17)5-4-10-15/h6-9H,4-5,10H2,1-3H3,(H,16,17). The number of amides is 1. The number of alkyl halides is 1. The third-order valence-corrected chi connectivity index (χ3v) is 3.03. The number of aryl methyl sites for hydroxylation is 1. The van der Waals surface area contributed by atoms with Crippen molar-refractivity contribution in [2.45, 2.75) is 39.2 Å². The van der Waals surface area contributed by atoms with Crippen LogP contribution in [0.4, 0.5) is 0 Å². The Morgan fingerprint density at radius 3 is 2.41 bits per heavy atom. The molecule has 0 aromatic heterocycles. The first kappa shape index (κ1) is 14.0. The van der Waals surface area contributed by atoms with Gasteiger partial charge in [0.25, 0.3) is 0 Å². The molecule has 1 N–H and O–H groups in total. The molecule has 0 aliphatic carbocycles. The second-order valence-electron chi connectivity index (χ2n) is 4.83. The molecule has 0 saturated carbocycles. The number of hydrogen-bond acceptors (Lipinski definition) is 1. The zero-order valence-corrected chi connectivity index (χ0v) is 11.5. The van der Waals surface area contributed by atoms with Crippen LogP contribution in [0.25, 0.3) is 0 Å². The van der Waals surface area contributed by atoms with E-state index in [0.717, 1.165) is 12.0 Å². The van der Waals surface area contributed by atoms with Crippen LogP contribution in [-0.2, 0) is 10.3 Å². The van der Waals surface area contributed by atoms with Gasteiger partial charge in [0.1, 0.15) is 0 Å². The zero-order valence-electron chi connectivity index (χ0n) is 10.7. The smallest absolute Gasteiger partial charge is 0.220 e. The average Bonchev–Trinajstić information content (AvgIpc) is 2.26. The molecule has 0 fully saturated rings. The molecule has 1 amide bonds. The summed E-state index contributed by atoms with van der Waals surface area (Å²) < 4.78 is 0. The molecule has 0 aliphatic rings. The Hall–Kier alpha value is -1.02. The summed E-state index contributed by atoms with van der Waals surface area (Å²) in [5.41, 5.74) is 2.00. The molecular formula is C14H20ClNO. The van der Waals surface area contributed by atoms with E-state index in [1.165, 1.54) is 5.56 Å². The summed E-state index contributed by atoms with van der Waals surface area (Å²) >= 11 is 5.57. The first-order chi connectivity index (χ1) is 7.95. The van der Waals surface area contributed by atoms with Crippen LogP contribution >= 0.6 is 11.6 Å². The lowest BCUT2D eigenvalue weighted by atomic mass is 9.93. The molecule has 0 heterocycles. The summed E-state index contributed by atoms with van der Waals surface area (Å²) in [6.45, 7) is 6.07. The van der Waals surface area contributed by atoms with Crippen LogP contribution in [-0.4, -0.2) is 11.8 Å². The Morgan fingerprint density at radius 2 is 1.88 bits per heavy atom. The number of hydrogen-bond donors (Lipinski definition) is 1. The summed E-state index contributed by atoms with van der Waals surface area (Å²) in [6.07, 6.45) is 1.20. The van der Waals surface area contributed by atoms with Crippen LogP contribution in [0.5, 0.6) is 0 Å². The molecule has 17 heavy (non-hydrogen) atoms. The predicted molar refractivity (Wildman–Crippen MR) is 72.3 cm³/mol. The maximum atomic E-state index is 11.7. The van der Waals surface area contributed by atoms with Gasteiger partial charge >= 0.3 is 0 Å². The fraction of sp³-hybridized carbons (Fsp3) is 0.500. The SMILES string of the molecule is Cc1ccc(C(C)(C)NC(=O)CCCCl)cc1. The van der Waals surface area contributed by atoms with Gasteiger partial charge in [-0.3, -0.25) is 4.79 Å². The molecule has 0 unspecified atom stereocenters. The van der Waals surface area contributed by atoms with E-state index in [0.29, 0.717) is 12.3 Å². The second kappa shape index (κ2) is 6.06. The minimum atomic E-state index is -0.336. The largest absolute Gasteiger partial charge is 0.347 e. The lowest BCUT2D eigenvalue weighted by Gasteiger charge is -2.27. The van der Waals surface area contributed by atoms with E-state index < -0.39 is 0 Å². The minimum absolute atomic E-state index is 0.0521. The van der Waals surface area contributed by atoms with Crippen molar-refractivity contribution in [2.75, 3.05) is 5.88 Å². The van der Waals surface area contributed by atoms with Gasteiger partial charge in [-0.15, -0.1) is 11.6 Å². The van der Waals surface area contributed by atoms with Crippen LogP contribution < -0.4 is 5.32 Å². The van der Waals surface area contributed by atoms with E-state index in [9.17, 15) is 4.79 Å². The third-order valence-electron chi connectivity index (χ3n) is 2.76. The van der Waals surface area contributed by atoms with Crippen molar-refractivity contribution in [3.8, 4) is 0 Å². The summed E-state index contributed by atoms with van der Waals surface area (Å²) in [5, 5.41) is 3.03. The predicted octanol–water partition coefficient (Wildman–Crippen LogP) is 3.37. The van der Waals surface area contributed by atoms with Gasteiger partial charge in [-0.1, -0.05) is 29.8 Å². The highest BCUT2D eigenvalue weighted by molar-refractivity contribution is 6.17. The number of carbonyl (C=O) groups excluding carboxylic acids is 1. The molecular weight excluding hydrogens is 234 g/mol. The van der Waals surface area contributed by atoms with E-state index >= 15 is 0 Å². The Bertz CT molecular complexity index is 370. The fourth-order valence-corrected chi connectivity index (χ4v) is 1.81. The van der Waals surface area contributed by atoms with Crippen molar-refractivity contribution in [1.82, 2.24) is 5.32 Å². The van der Waals surface area contributed by atoms with Gasteiger partial charge in [-0.2, -0.15) is 0 Å². The van der Waals surface area contributed by atoms with Gasteiger partial charge in [-0.25, -0.2) is 0 Å². The number of rotatable bonds is 5. The molecule has 0 radical (unpaired) electrons. The quantitative estimate of drug-likeness (QED) is 0.801. The van der Waals surface area contributed by atoms with Gasteiger partial charge in [0.15, 0.2) is 0 Å². The Morgan fingerprint density at radius 1 is 1.29 bits per heavy atom. The van der Waals surface area contributed by atoms with Crippen molar-refractivity contribution < 1.29 is 4.79 Å². The minimum Gasteiger partial charge on any atom is -0.347 e. The number of carbonyl (C=O) groups is 1. The van der Waals surface area contributed by atoms with E-state index in [1.807, 2.05) is 13.8 Å². The molecule has 94 valence electrons. The van der Waals surface area contributed by atoms with Crippen molar-refractivity contribution in [3.63, 3.8) is 0 Å². The number of benzene rings is 1. The van der Waals surface area contributed by atoms with E-state index in [-0.39, 0.29) is 11.4 Å². The van der Waals surface area contributed by atoms with Crippen LogP contribution in [0.2, 0.25) is 0 Å². The summed E-state index contributed by atoms with van der Waals surface area (Å²) in [7, 11) is 0. The fourth-order valence-electron chi connectivity index (χ4n) is 1.68. The first-order valence-corrected chi connectivity index (χ1v) is 6.43. The van der Waals surface area contributed by atoms with Crippen LogP contribution in [0.15, 0.2) is 24.3 Å². The number of nitrogens with one attached hydrogen (secondary N) is 1. The van der Waals surface area contributed by atoms with Crippen molar-refractivity contribution in [2.24, 2.45) is 0 Å². The van der Waals surface area contributed by atoms with Gasteiger partial charge in [0.05, 0.1) is 5.54 Å². The Balaban J connectivity index is 2.67. The molecule has 1 aromatic carbocycles. The van der Waals surface area contributed by atoms with Crippen LogP contribution in [0.1, 0.15) is 37.8 Å². The summed E-state index contributed by atoms with van der Waals surface area (Å²) in [6, 6.07) is 8.22. The van der Waals surface area contributed by atoms with Crippen LogP contribution in [0, 0.1) is 6.92 Å². The highest BCUT2D eigenvalue weighted by atomic mass is 35.5. The average molecular weight is 254 g/mol. The molecule has 0 atom stereocenters. The number of halogens is 1. The van der Waals surface area contributed by atoms with Gasteiger partial charge < -0.3 is 5.32 Å². The highest BCUT2D eigenvalue weighted by Gasteiger charge is 2.22. The highest BCUT2D eigenvalue weighted by Crippen LogP contribution is 2.20. The topological polar surface area (TPSA) is 29.1 Å².